The Balaban J connectivity index is 0.00000248. The highest BCUT2D eigenvalue weighted by molar-refractivity contribution is 6.07. The molecule has 0 aliphatic heterocycles. The Kier molecular flexibility index (Phi) is 12.5. The molecular weight excluding hydrogens is 548 g/mol. The molecule has 10 nitrogen and oxygen atoms in total. The highest BCUT2D eigenvalue weighted by Gasteiger charge is 2.33. The first kappa shape index (κ1) is 33.6. The summed E-state index contributed by atoms with van der Waals surface area (Å²) >= 11 is 0. The molecule has 2 saturated carbocycles. The fraction of sp³-hybridized carbons (Fsp3) is 0.515. The van der Waals surface area contributed by atoms with Crippen LogP contribution < -0.4 is 16.0 Å². The highest BCUT2D eigenvalue weighted by atomic mass is 16.6. The van der Waals surface area contributed by atoms with E-state index in [-0.39, 0.29) is 24.0 Å². The van der Waals surface area contributed by atoms with E-state index in [0.717, 1.165) is 64.9 Å². The number of rotatable bonds is 6. The molecule has 4 N–H and O–H groups in total. The number of nitrogens with zero attached hydrogens (tertiary/aromatic N) is 1. The minimum atomic E-state index is -0.648. The number of aliphatic hydroxyl groups excluding tert-OH is 1. The van der Waals surface area contributed by atoms with Crippen LogP contribution in [0.15, 0.2) is 48.5 Å². The van der Waals surface area contributed by atoms with Crippen LogP contribution in [0, 0.1) is 0 Å². The molecule has 0 bridgehead atoms. The van der Waals surface area contributed by atoms with Crippen molar-refractivity contribution in [2.24, 2.45) is 0 Å². The van der Waals surface area contributed by atoms with Crippen molar-refractivity contribution in [3.63, 3.8) is 0 Å². The third-order valence-corrected chi connectivity index (χ3v) is 7.45. The van der Waals surface area contributed by atoms with E-state index in [9.17, 15) is 19.2 Å². The van der Waals surface area contributed by atoms with Gasteiger partial charge in [-0.25, -0.2) is 9.59 Å². The molecule has 2 fully saturated rings. The van der Waals surface area contributed by atoms with Gasteiger partial charge in [0.25, 0.3) is 11.8 Å². The van der Waals surface area contributed by atoms with Crippen LogP contribution in [0.4, 0.5) is 21.0 Å². The molecule has 2 aliphatic carbocycles. The van der Waals surface area contributed by atoms with Gasteiger partial charge in [-0.15, -0.1) is 0 Å². The normalized spacial score (nSPS) is 15.7. The number of imide groups is 1. The fourth-order valence-corrected chi connectivity index (χ4v) is 5.49. The van der Waals surface area contributed by atoms with Crippen molar-refractivity contribution in [2.75, 3.05) is 17.7 Å². The number of aliphatic hydroxyl groups is 1. The molecule has 0 unspecified atom stereocenters. The minimum Gasteiger partial charge on any atom is -0.444 e. The van der Waals surface area contributed by atoms with E-state index < -0.39 is 17.6 Å². The predicted octanol–water partition coefficient (Wildman–Crippen LogP) is 6.71. The minimum absolute atomic E-state index is 0.0985. The summed E-state index contributed by atoms with van der Waals surface area (Å²) in [5.74, 6) is -0.758. The van der Waals surface area contributed by atoms with Crippen molar-refractivity contribution in [1.82, 2.24) is 10.2 Å². The molecule has 5 amide bonds. The molecular formula is C33H46N4O6. The summed E-state index contributed by atoms with van der Waals surface area (Å²) in [6.07, 6.45) is 9.31. The number of benzene rings is 2. The third kappa shape index (κ3) is 10.4. The molecule has 43 heavy (non-hydrogen) atoms. The van der Waals surface area contributed by atoms with Crippen molar-refractivity contribution in [2.45, 2.75) is 103 Å². The zero-order valence-electron chi connectivity index (χ0n) is 25.8. The molecule has 2 aromatic rings. The standard InChI is InChI=1S/C32H42N4O5.CH4O/c1-32(2,3)41-31(40)35-26-17-10-12-22(20-26)28(37)33-25-16-11-13-23(21-25)29(38)36(27-18-8-5-9-19-27)30(39)34-24-14-6-4-7-15-24;1-2/h10-13,16-17,20-21,24,27H,4-9,14-15,18-19H2,1-3H3,(H,33,37)(H,34,39)(H,35,40);2H,1H3. The average Bonchev–Trinajstić information content (AvgIpc) is 2.98. The van der Waals surface area contributed by atoms with Gasteiger partial charge in [0, 0.05) is 41.7 Å². The van der Waals surface area contributed by atoms with Gasteiger partial charge < -0.3 is 20.5 Å². The van der Waals surface area contributed by atoms with Crippen LogP contribution in [-0.2, 0) is 4.74 Å². The van der Waals surface area contributed by atoms with E-state index in [1.54, 1.807) is 69.3 Å². The van der Waals surface area contributed by atoms with Gasteiger partial charge in [-0.3, -0.25) is 19.8 Å². The smallest absolute Gasteiger partial charge is 0.412 e. The van der Waals surface area contributed by atoms with Crippen LogP contribution >= 0.6 is 0 Å². The highest BCUT2D eigenvalue weighted by Crippen LogP contribution is 2.26. The van der Waals surface area contributed by atoms with Gasteiger partial charge in [-0.05, 0) is 82.9 Å². The summed E-state index contributed by atoms with van der Waals surface area (Å²) in [5, 5.41) is 15.6. The maximum atomic E-state index is 13.8. The lowest BCUT2D eigenvalue weighted by Crippen LogP contribution is -2.52. The summed E-state index contributed by atoms with van der Waals surface area (Å²) in [6.45, 7) is 5.31. The largest absolute Gasteiger partial charge is 0.444 e. The second kappa shape index (κ2) is 16.1. The molecule has 10 heteroatoms. The van der Waals surface area contributed by atoms with Crippen molar-refractivity contribution < 1.29 is 29.0 Å². The predicted molar refractivity (Wildman–Crippen MR) is 167 cm³/mol. The monoisotopic (exact) mass is 594 g/mol. The number of hydrogen-bond donors (Lipinski definition) is 4. The molecule has 0 saturated heterocycles. The van der Waals surface area contributed by atoms with Crippen molar-refractivity contribution in [3.8, 4) is 0 Å². The third-order valence-electron chi connectivity index (χ3n) is 7.45. The van der Waals surface area contributed by atoms with Crippen molar-refractivity contribution in [3.05, 3.63) is 59.7 Å². The second-order valence-electron chi connectivity index (χ2n) is 12.0. The number of amides is 5. The van der Waals surface area contributed by atoms with Gasteiger partial charge in [-0.1, -0.05) is 50.7 Å². The Morgan fingerprint density at radius 1 is 0.767 bits per heavy atom. The van der Waals surface area contributed by atoms with Crippen molar-refractivity contribution >= 4 is 35.3 Å². The summed E-state index contributed by atoms with van der Waals surface area (Å²) in [5.41, 5.74) is 0.869. The number of carbonyl (C=O) groups is 4. The lowest BCUT2D eigenvalue weighted by Gasteiger charge is -2.34. The average molecular weight is 595 g/mol. The maximum Gasteiger partial charge on any atom is 0.412 e. The summed E-state index contributed by atoms with van der Waals surface area (Å²) in [7, 11) is 1.00. The molecule has 0 atom stereocenters. The van der Waals surface area contributed by atoms with Gasteiger partial charge >= 0.3 is 12.1 Å². The molecule has 0 aromatic heterocycles. The molecule has 2 aliphatic rings. The number of ether oxygens (including phenoxy) is 1. The SMILES string of the molecule is CC(C)(C)OC(=O)Nc1cccc(C(=O)Nc2cccc(C(=O)N(C(=O)NC3CCCCC3)C3CCCCC3)c2)c1.CO. The van der Waals surface area contributed by atoms with Gasteiger partial charge in [0.2, 0.25) is 0 Å². The molecule has 0 radical (unpaired) electrons. The maximum absolute atomic E-state index is 13.8. The van der Waals surface area contributed by atoms with E-state index in [4.69, 9.17) is 9.84 Å². The first-order chi connectivity index (χ1) is 20.6. The van der Waals surface area contributed by atoms with Gasteiger partial charge in [-0.2, -0.15) is 0 Å². The van der Waals surface area contributed by atoms with Crippen LogP contribution in [-0.4, -0.2) is 58.7 Å². The number of hydrogen-bond acceptors (Lipinski definition) is 6. The molecule has 4 rings (SSSR count). The summed E-state index contributed by atoms with van der Waals surface area (Å²) in [4.78, 5) is 53.8. The van der Waals surface area contributed by atoms with Crippen molar-refractivity contribution in [1.29, 1.82) is 0 Å². The van der Waals surface area contributed by atoms with Crippen LogP contribution in [0.25, 0.3) is 0 Å². The van der Waals surface area contributed by atoms with E-state index in [1.807, 2.05) is 0 Å². The summed E-state index contributed by atoms with van der Waals surface area (Å²) in [6, 6.07) is 12.8. The Bertz CT molecular complexity index is 1250. The van der Waals surface area contributed by atoms with E-state index >= 15 is 0 Å². The zero-order chi connectivity index (χ0) is 31.4. The van der Waals surface area contributed by atoms with Crippen LogP contribution in [0.2, 0.25) is 0 Å². The Morgan fingerprint density at radius 2 is 1.30 bits per heavy atom. The molecule has 234 valence electrons. The van der Waals surface area contributed by atoms with E-state index in [2.05, 4.69) is 16.0 Å². The Morgan fingerprint density at radius 3 is 1.91 bits per heavy atom. The lowest BCUT2D eigenvalue weighted by molar-refractivity contribution is 0.0633. The van der Waals surface area contributed by atoms with E-state index in [0.29, 0.717) is 22.5 Å². The quantitative estimate of drug-likeness (QED) is 0.293. The Labute approximate surface area is 254 Å². The molecule has 0 heterocycles. The lowest BCUT2D eigenvalue weighted by atomic mass is 9.93. The number of urea groups is 1. The number of nitrogens with one attached hydrogen (secondary N) is 3. The van der Waals surface area contributed by atoms with Gasteiger partial charge in [0.15, 0.2) is 0 Å². The molecule has 0 spiro atoms. The zero-order valence-corrected chi connectivity index (χ0v) is 25.8. The van der Waals surface area contributed by atoms with Gasteiger partial charge in [0.1, 0.15) is 5.60 Å². The first-order valence-electron chi connectivity index (χ1n) is 15.2. The number of anilines is 2. The summed E-state index contributed by atoms with van der Waals surface area (Å²) < 4.78 is 5.28. The first-order valence-corrected chi connectivity index (χ1v) is 15.2. The fourth-order valence-electron chi connectivity index (χ4n) is 5.49. The van der Waals surface area contributed by atoms with Crippen LogP contribution in [0.5, 0.6) is 0 Å². The second-order valence-corrected chi connectivity index (χ2v) is 12.0. The molecule has 2 aromatic carbocycles. The topological polar surface area (TPSA) is 137 Å². The Hall–Kier alpha value is -3.92. The van der Waals surface area contributed by atoms with Crippen LogP contribution in [0.1, 0.15) is 106 Å². The number of carbonyl (C=O) groups excluding carboxylic acids is 4. The van der Waals surface area contributed by atoms with E-state index in [1.165, 1.54) is 11.3 Å². The van der Waals surface area contributed by atoms with Gasteiger partial charge in [0.05, 0.1) is 0 Å². The van der Waals surface area contributed by atoms with Crippen LogP contribution in [0.3, 0.4) is 0 Å².